The number of hydrogen-bond donors (Lipinski definition) is 1. The standard InChI is InChI=1S/C17H18FNS/c1-12(13-6-8-15(18)9-7-13)19-17-11-20-10-14-4-2-3-5-16(14)17/h2-9,12,17,19H,10-11H2,1H3. The Kier molecular flexibility index (Phi) is 4.08. The molecule has 20 heavy (non-hydrogen) atoms. The molecule has 2 aromatic rings. The van der Waals surface area contributed by atoms with Gasteiger partial charge in [-0.25, -0.2) is 4.39 Å². The maximum absolute atomic E-state index is 13.0. The minimum Gasteiger partial charge on any atom is -0.303 e. The van der Waals surface area contributed by atoms with Gasteiger partial charge in [-0.05, 0) is 35.7 Å². The number of rotatable bonds is 3. The molecule has 104 valence electrons. The molecule has 0 fully saturated rings. The number of thioether (sulfide) groups is 1. The molecule has 2 atom stereocenters. The average Bonchev–Trinajstić information content (AvgIpc) is 2.48. The summed E-state index contributed by atoms with van der Waals surface area (Å²) in [7, 11) is 0. The Morgan fingerprint density at radius 2 is 1.90 bits per heavy atom. The molecule has 0 aromatic heterocycles. The molecule has 1 aliphatic rings. The van der Waals surface area contributed by atoms with Crippen LogP contribution in [0.15, 0.2) is 48.5 Å². The Morgan fingerprint density at radius 3 is 2.70 bits per heavy atom. The molecule has 0 radical (unpaired) electrons. The Balaban J connectivity index is 1.77. The van der Waals surface area contributed by atoms with Crippen LogP contribution in [0.3, 0.4) is 0 Å². The van der Waals surface area contributed by atoms with Gasteiger partial charge in [-0.2, -0.15) is 11.8 Å². The second-order valence-electron chi connectivity index (χ2n) is 5.21. The number of nitrogens with one attached hydrogen (secondary N) is 1. The van der Waals surface area contributed by atoms with E-state index in [-0.39, 0.29) is 11.9 Å². The van der Waals surface area contributed by atoms with Crippen LogP contribution in [-0.4, -0.2) is 5.75 Å². The summed E-state index contributed by atoms with van der Waals surface area (Å²) < 4.78 is 13.0. The summed E-state index contributed by atoms with van der Waals surface area (Å²) in [6, 6.07) is 16.0. The van der Waals surface area contributed by atoms with Crippen LogP contribution in [0.1, 0.15) is 35.7 Å². The first-order valence-corrected chi connectivity index (χ1v) is 8.06. The Morgan fingerprint density at radius 1 is 1.15 bits per heavy atom. The van der Waals surface area contributed by atoms with Crippen molar-refractivity contribution in [3.05, 3.63) is 71.0 Å². The molecule has 0 saturated carbocycles. The Labute approximate surface area is 123 Å². The van der Waals surface area contributed by atoms with Crippen molar-refractivity contribution in [3.63, 3.8) is 0 Å². The molecule has 1 N–H and O–H groups in total. The zero-order valence-electron chi connectivity index (χ0n) is 11.5. The first kappa shape index (κ1) is 13.7. The van der Waals surface area contributed by atoms with E-state index >= 15 is 0 Å². The second kappa shape index (κ2) is 5.98. The fourth-order valence-corrected chi connectivity index (χ4v) is 3.78. The fourth-order valence-electron chi connectivity index (χ4n) is 2.67. The molecule has 3 rings (SSSR count). The van der Waals surface area contributed by atoms with Crippen LogP contribution in [0.25, 0.3) is 0 Å². The third kappa shape index (κ3) is 2.89. The summed E-state index contributed by atoms with van der Waals surface area (Å²) in [6.07, 6.45) is 0. The van der Waals surface area contributed by atoms with E-state index in [1.165, 1.54) is 23.3 Å². The normalized spacial score (nSPS) is 19.4. The highest BCUT2D eigenvalue weighted by atomic mass is 32.2. The van der Waals surface area contributed by atoms with Gasteiger partial charge in [0.15, 0.2) is 0 Å². The molecule has 0 amide bonds. The molecular weight excluding hydrogens is 269 g/mol. The van der Waals surface area contributed by atoms with Crippen LogP contribution >= 0.6 is 11.8 Å². The number of halogens is 1. The van der Waals surface area contributed by atoms with Crippen LogP contribution in [0, 0.1) is 5.82 Å². The highest BCUT2D eigenvalue weighted by molar-refractivity contribution is 7.98. The van der Waals surface area contributed by atoms with Gasteiger partial charge in [-0.1, -0.05) is 36.4 Å². The van der Waals surface area contributed by atoms with Gasteiger partial charge in [-0.15, -0.1) is 0 Å². The number of hydrogen-bond acceptors (Lipinski definition) is 2. The number of benzene rings is 2. The monoisotopic (exact) mass is 287 g/mol. The van der Waals surface area contributed by atoms with E-state index in [0.29, 0.717) is 6.04 Å². The molecule has 2 aromatic carbocycles. The van der Waals surface area contributed by atoms with Gasteiger partial charge in [0.25, 0.3) is 0 Å². The summed E-state index contributed by atoms with van der Waals surface area (Å²) in [4.78, 5) is 0. The van der Waals surface area contributed by atoms with E-state index in [1.54, 1.807) is 0 Å². The van der Waals surface area contributed by atoms with Crippen LogP contribution in [0.5, 0.6) is 0 Å². The molecular formula is C17H18FNS. The van der Waals surface area contributed by atoms with Crippen molar-refractivity contribution in [1.29, 1.82) is 0 Å². The van der Waals surface area contributed by atoms with E-state index in [2.05, 4.69) is 36.5 Å². The molecule has 1 aliphatic heterocycles. The van der Waals surface area contributed by atoms with Crippen LogP contribution in [0.4, 0.5) is 4.39 Å². The smallest absolute Gasteiger partial charge is 0.123 e. The van der Waals surface area contributed by atoms with E-state index in [4.69, 9.17) is 0 Å². The van der Waals surface area contributed by atoms with Crippen molar-refractivity contribution < 1.29 is 4.39 Å². The molecule has 1 heterocycles. The molecule has 0 aliphatic carbocycles. The Bertz CT molecular complexity index is 582. The van der Waals surface area contributed by atoms with E-state index < -0.39 is 0 Å². The molecule has 3 heteroatoms. The summed E-state index contributed by atoms with van der Waals surface area (Å²) in [5.74, 6) is 2.00. The summed E-state index contributed by atoms with van der Waals surface area (Å²) >= 11 is 1.96. The first-order valence-electron chi connectivity index (χ1n) is 6.91. The second-order valence-corrected chi connectivity index (χ2v) is 6.24. The number of fused-ring (bicyclic) bond motifs is 1. The Hall–Kier alpha value is -1.32. The van der Waals surface area contributed by atoms with Gasteiger partial charge in [0.1, 0.15) is 5.82 Å². The van der Waals surface area contributed by atoms with Gasteiger partial charge in [0, 0.05) is 23.6 Å². The SMILES string of the molecule is CC(NC1CSCc2ccccc21)c1ccc(F)cc1. The van der Waals surface area contributed by atoms with Crippen molar-refractivity contribution in [2.45, 2.75) is 24.8 Å². The third-order valence-electron chi connectivity index (χ3n) is 3.79. The summed E-state index contributed by atoms with van der Waals surface area (Å²) in [5, 5.41) is 3.67. The van der Waals surface area contributed by atoms with Gasteiger partial charge < -0.3 is 5.32 Å². The quantitative estimate of drug-likeness (QED) is 0.894. The predicted octanol–water partition coefficient (Wildman–Crippen LogP) is 4.46. The topological polar surface area (TPSA) is 12.0 Å². The fraction of sp³-hybridized carbons (Fsp3) is 0.294. The summed E-state index contributed by atoms with van der Waals surface area (Å²) in [6.45, 7) is 2.13. The molecule has 0 bridgehead atoms. The van der Waals surface area contributed by atoms with Crippen molar-refractivity contribution in [2.75, 3.05) is 5.75 Å². The van der Waals surface area contributed by atoms with E-state index in [0.717, 1.165) is 17.1 Å². The predicted molar refractivity (Wildman–Crippen MR) is 83.3 cm³/mol. The highest BCUT2D eigenvalue weighted by Crippen LogP contribution is 2.33. The third-order valence-corrected chi connectivity index (χ3v) is 4.88. The zero-order chi connectivity index (χ0) is 13.9. The van der Waals surface area contributed by atoms with Crippen LogP contribution < -0.4 is 5.32 Å². The highest BCUT2D eigenvalue weighted by Gasteiger charge is 2.21. The van der Waals surface area contributed by atoms with Crippen LogP contribution in [0.2, 0.25) is 0 Å². The lowest BCUT2D eigenvalue weighted by molar-refractivity contribution is 0.495. The zero-order valence-corrected chi connectivity index (χ0v) is 12.3. The molecule has 0 spiro atoms. The van der Waals surface area contributed by atoms with Crippen molar-refractivity contribution >= 4 is 11.8 Å². The van der Waals surface area contributed by atoms with Crippen molar-refractivity contribution in [2.24, 2.45) is 0 Å². The lowest BCUT2D eigenvalue weighted by Gasteiger charge is -2.29. The van der Waals surface area contributed by atoms with Gasteiger partial charge in [0.05, 0.1) is 0 Å². The maximum atomic E-state index is 13.0. The average molecular weight is 287 g/mol. The van der Waals surface area contributed by atoms with Crippen molar-refractivity contribution in [3.8, 4) is 0 Å². The van der Waals surface area contributed by atoms with Crippen LogP contribution in [-0.2, 0) is 5.75 Å². The molecule has 0 saturated heterocycles. The molecule has 1 nitrogen and oxygen atoms in total. The minimum absolute atomic E-state index is 0.181. The lowest BCUT2D eigenvalue weighted by atomic mass is 10.00. The maximum Gasteiger partial charge on any atom is 0.123 e. The van der Waals surface area contributed by atoms with Gasteiger partial charge >= 0.3 is 0 Å². The minimum atomic E-state index is -0.181. The van der Waals surface area contributed by atoms with Gasteiger partial charge in [0.2, 0.25) is 0 Å². The largest absolute Gasteiger partial charge is 0.303 e. The van der Waals surface area contributed by atoms with Gasteiger partial charge in [-0.3, -0.25) is 0 Å². The molecule has 2 unspecified atom stereocenters. The van der Waals surface area contributed by atoms with E-state index in [9.17, 15) is 4.39 Å². The van der Waals surface area contributed by atoms with Crippen molar-refractivity contribution in [1.82, 2.24) is 5.32 Å². The lowest BCUT2D eigenvalue weighted by Crippen LogP contribution is -2.29. The van der Waals surface area contributed by atoms with E-state index in [1.807, 2.05) is 23.9 Å². The summed E-state index contributed by atoms with van der Waals surface area (Å²) in [5.41, 5.74) is 3.95. The first-order chi connectivity index (χ1) is 9.74.